The first-order valence-electron chi connectivity index (χ1n) is 18.4. The van der Waals surface area contributed by atoms with Crippen molar-refractivity contribution in [1.82, 2.24) is 24.7 Å². The minimum Gasteiger partial charge on any atom is -0.444 e. The maximum absolute atomic E-state index is 14.5. The first kappa shape index (κ1) is 45.0. The molecule has 1 atom stereocenters. The Hall–Kier alpha value is -5.40. The van der Waals surface area contributed by atoms with Gasteiger partial charge in [-0.1, -0.05) is 33.6 Å². The van der Waals surface area contributed by atoms with Gasteiger partial charge in [0.25, 0.3) is 0 Å². The molecule has 0 radical (unpaired) electrons. The van der Waals surface area contributed by atoms with Gasteiger partial charge in [0.05, 0.1) is 6.20 Å². The van der Waals surface area contributed by atoms with Crippen LogP contribution in [-0.4, -0.2) is 86.2 Å². The van der Waals surface area contributed by atoms with Crippen LogP contribution in [0.2, 0.25) is 0 Å². The van der Waals surface area contributed by atoms with Crippen LogP contribution in [0.25, 0.3) is 0 Å². The van der Waals surface area contributed by atoms with E-state index in [0.29, 0.717) is 39.3 Å². The summed E-state index contributed by atoms with van der Waals surface area (Å²) in [6.07, 6.45) is 5.03. The molecule has 14 heteroatoms. The number of hydrogen-bond acceptors (Lipinski definition) is 10. The fraction of sp³-hybridized carbons (Fsp3) is 0.500. The summed E-state index contributed by atoms with van der Waals surface area (Å²) in [7, 11) is 0. The maximum Gasteiger partial charge on any atom is 0.410 e. The van der Waals surface area contributed by atoms with Gasteiger partial charge in [0.15, 0.2) is 11.6 Å². The number of anilines is 4. The Labute approximate surface area is 331 Å². The van der Waals surface area contributed by atoms with Crippen LogP contribution in [-0.2, 0) is 40.2 Å². The molecular formula is C42H61FN8O5. The highest BCUT2D eigenvalue weighted by Gasteiger charge is 2.28. The second-order valence-corrected chi connectivity index (χ2v) is 15.8. The number of amides is 3. The van der Waals surface area contributed by atoms with Crippen LogP contribution in [0.4, 0.5) is 37.1 Å². The van der Waals surface area contributed by atoms with Gasteiger partial charge in [0.2, 0.25) is 11.9 Å². The lowest BCUT2D eigenvalue weighted by atomic mass is 9.99. The van der Waals surface area contributed by atoms with Gasteiger partial charge in [-0.2, -0.15) is 4.98 Å². The zero-order chi connectivity index (χ0) is 39.2. The average molecular weight is 777 g/mol. The van der Waals surface area contributed by atoms with E-state index in [1.807, 2.05) is 77.9 Å². The number of carbonyl (C=O) groups is 3. The van der Waals surface area contributed by atoms with Crippen LogP contribution in [0.3, 0.4) is 0 Å². The predicted molar refractivity (Wildman–Crippen MR) is 220 cm³/mol. The molecule has 1 fully saturated rings. The second kappa shape index (κ2) is 19.0. The third-order valence-corrected chi connectivity index (χ3v) is 9.01. The van der Waals surface area contributed by atoms with Crippen molar-refractivity contribution < 1.29 is 28.2 Å². The summed E-state index contributed by atoms with van der Waals surface area (Å²) in [5.74, 6) is -0.372. The third-order valence-electron chi connectivity index (χ3n) is 9.01. The van der Waals surface area contributed by atoms with Gasteiger partial charge in [-0.05, 0) is 120 Å². The van der Waals surface area contributed by atoms with Gasteiger partial charge in [-0.3, -0.25) is 4.79 Å². The number of rotatable bonds is 5. The number of aromatic nitrogens is 2. The van der Waals surface area contributed by atoms with Crippen LogP contribution < -0.4 is 16.4 Å². The molecule has 1 saturated heterocycles. The average Bonchev–Trinajstić information content (AvgIpc) is 3.11. The Balaban J connectivity index is 0.000000355. The lowest BCUT2D eigenvalue weighted by Crippen LogP contribution is -2.44. The smallest absolute Gasteiger partial charge is 0.410 e. The fourth-order valence-corrected chi connectivity index (χ4v) is 6.45. The van der Waals surface area contributed by atoms with E-state index >= 15 is 0 Å². The van der Waals surface area contributed by atoms with Crippen molar-refractivity contribution in [3.05, 3.63) is 83.3 Å². The number of ether oxygens (including phenoxy) is 2. The number of hydrogen-bond donors (Lipinski definition) is 3. The van der Waals surface area contributed by atoms with Gasteiger partial charge in [-0.15, -0.1) is 0 Å². The molecule has 3 aromatic rings. The lowest BCUT2D eigenvalue weighted by molar-refractivity contribution is -0.127. The molecule has 6 rings (SSSR count). The van der Waals surface area contributed by atoms with Gasteiger partial charge < -0.3 is 40.5 Å². The number of benzene rings is 2. The highest BCUT2D eigenvalue weighted by Crippen LogP contribution is 2.27. The molecule has 4 N–H and O–H groups in total. The minimum atomic E-state index is -0.564. The molecule has 3 amide bonds. The molecule has 306 valence electrons. The highest BCUT2D eigenvalue weighted by atomic mass is 19.1. The number of halogens is 1. The van der Waals surface area contributed by atoms with Crippen molar-refractivity contribution in [2.75, 3.05) is 42.5 Å². The molecule has 0 unspecified atom stereocenters. The number of nitrogens with zero attached hydrogens (tertiary/aromatic N) is 5. The monoisotopic (exact) mass is 776 g/mol. The predicted octanol–water partition coefficient (Wildman–Crippen LogP) is 8.08. The van der Waals surface area contributed by atoms with E-state index in [1.54, 1.807) is 14.7 Å². The van der Waals surface area contributed by atoms with Crippen LogP contribution in [0.1, 0.15) is 91.5 Å². The summed E-state index contributed by atoms with van der Waals surface area (Å²) in [5.41, 5.74) is 10.8. The topological polar surface area (TPSA) is 155 Å². The number of fused-ring (bicyclic) bond motifs is 2. The quantitative estimate of drug-likeness (QED) is 0.171. The van der Waals surface area contributed by atoms with E-state index in [9.17, 15) is 18.8 Å². The molecule has 13 nitrogen and oxygen atoms in total. The van der Waals surface area contributed by atoms with Crippen molar-refractivity contribution in [2.45, 2.75) is 112 Å². The van der Waals surface area contributed by atoms with E-state index < -0.39 is 17.0 Å². The zero-order valence-corrected chi connectivity index (χ0v) is 32.2. The summed E-state index contributed by atoms with van der Waals surface area (Å²) in [5, 5.41) is 6.25. The van der Waals surface area contributed by atoms with Gasteiger partial charge in [0, 0.05) is 56.7 Å². The molecule has 4 heterocycles. The molecule has 1 aromatic heterocycles. The van der Waals surface area contributed by atoms with E-state index in [1.165, 1.54) is 17.2 Å². The standard InChI is InChI=1S/C26H33FN6O3.C14H20N2O2.2CH4/c1-5-22(34)32-11-6-7-20(16-32)29-23-21(27)14-28-24(31-23)30-19-9-8-17-10-12-33(15-18(17)13-19)25(35)36-26(2,3)4;1-14(2,3)18-13(17)16-7-6-10-4-5-12(15)8-11(10)9-16;;/h5,8-9,13-14,20H,1,6-7,10-12,15-16H2,2-4H3,(H2,28,29,30,31);4-5,8H,6-7,9,15H2,1-3H3;2*1H4/t20-;;;/m1.../s1. The number of likely N-dealkylation sites (tertiary alicyclic amines) is 1. The van der Waals surface area contributed by atoms with E-state index in [0.717, 1.165) is 54.4 Å². The first-order valence-corrected chi connectivity index (χ1v) is 18.4. The SMILES string of the molecule is C.C.C=CC(=O)N1CCC[C@@H](Nc2nc(Nc3ccc4c(c3)CN(C(=O)OC(C)(C)C)CC4)ncc2F)C1.CC(C)(C)OC(=O)N1CCc2ccc(N)cc2C1. The van der Waals surface area contributed by atoms with Crippen LogP contribution in [0.15, 0.2) is 55.3 Å². The van der Waals surface area contributed by atoms with Gasteiger partial charge in [-0.25, -0.2) is 19.0 Å². The van der Waals surface area contributed by atoms with E-state index in [-0.39, 0.29) is 50.8 Å². The van der Waals surface area contributed by atoms with Crippen molar-refractivity contribution in [3.8, 4) is 0 Å². The van der Waals surface area contributed by atoms with Crippen molar-refractivity contribution in [1.29, 1.82) is 0 Å². The van der Waals surface area contributed by atoms with Crippen molar-refractivity contribution >= 4 is 41.2 Å². The molecule has 56 heavy (non-hydrogen) atoms. The number of nitrogen functional groups attached to an aromatic ring is 1. The van der Waals surface area contributed by atoms with Gasteiger partial charge in [0.1, 0.15) is 11.2 Å². The molecule has 2 aromatic carbocycles. The van der Waals surface area contributed by atoms with Crippen molar-refractivity contribution in [2.24, 2.45) is 0 Å². The van der Waals surface area contributed by atoms with Crippen LogP contribution in [0, 0.1) is 5.82 Å². The van der Waals surface area contributed by atoms with E-state index in [4.69, 9.17) is 15.2 Å². The molecule has 3 aliphatic heterocycles. The minimum absolute atomic E-state index is 0. The summed E-state index contributed by atoms with van der Waals surface area (Å²) in [6.45, 7) is 18.1. The largest absolute Gasteiger partial charge is 0.444 e. The maximum atomic E-state index is 14.5. The highest BCUT2D eigenvalue weighted by molar-refractivity contribution is 5.87. The fourth-order valence-electron chi connectivity index (χ4n) is 6.45. The summed E-state index contributed by atoms with van der Waals surface area (Å²) >= 11 is 0. The van der Waals surface area contributed by atoms with Gasteiger partial charge >= 0.3 is 12.2 Å². The Morgan fingerprint density at radius 2 is 1.43 bits per heavy atom. The van der Waals surface area contributed by atoms with Crippen LogP contribution >= 0.6 is 0 Å². The van der Waals surface area contributed by atoms with Crippen LogP contribution in [0.5, 0.6) is 0 Å². The molecule has 0 spiro atoms. The summed E-state index contributed by atoms with van der Waals surface area (Å²) in [4.78, 5) is 50.0. The molecular weight excluding hydrogens is 716 g/mol. The summed E-state index contributed by atoms with van der Waals surface area (Å²) in [6, 6.07) is 11.6. The Morgan fingerprint density at radius 1 is 0.857 bits per heavy atom. The third kappa shape index (κ3) is 12.6. The van der Waals surface area contributed by atoms with E-state index in [2.05, 4.69) is 27.2 Å². The normalized spacial score (nSPS) is 16.3. The molecule has 0 saturated carbocycles. The number of nitrogens with one attached hydrogen (secondary N) is 2. The Bertz CT molecular complexity index is 1860. The second-order valence-electron chi connectivity index (χ2n) is 15.8. The number of piperidine rings is 1. The Morgan fingerprint density at radius 3 is 2.00 bits per heavy atom. The number of nitrogens with two attached hydrogens (primary N) is 1. The Kier molecular flexibility index (Phi) is 15.2. The summed E-state index contributed by atoms with van der Waals surface area (Å²) < 4.78 is 25.4. The molecule has 3 aliphatic rings. The molecule has 0 bridgehead atoms. The number of carbonyl (C=O) groups excluding carboxylic acids is 3. The first-order chi connectivity index (χ1) is 25.5. The zero-order valence-electron chi connectivity index (χ0n) is 32.2. The molecule has 0 aliphatic carbocycles. The van der Waals surface area contributed by atoms with Crippen molar-refractivity contribution in [3.63, 3.8) is 0 Å². The lowest BCUT2D eigenvalue weighted by Gasteiger charge is -2.32.